The van der Waals surface area contributed by atoms with Crippen molar-refractivity contribution in [3.05, 3.63) is 41.7 Å². The Morgan fingerprint density at radius 2 is 1.71 bits per heavy atom. The van der Waals surface area contributed by atoms with Crippen LogP contribution in [0.4, 0.5) is 5.95 Å². The topological polar surface area (TPSA) is 60.0 Å². The first-order valence-corrected chi connectivity index (χ1v) is 11.4. The van der Waals surface area contributed by atoms with Crippen molar-refractivity contribution in [2.45, 2.75) is 51.3 Å². The smallest absolute Gasteiger partial charge is 0.225 e. The van der Waals surface area contributed by atoms with Crippen LogP contribution in [0.15, 0.2) is 30.6 Å². The SMILES string of the molecule is COc1ccc(CN(Cc2cnc(N3CCCCC3)nc2)CC2CCCO2)cc1OC. The molecular formula is C24H34N4O3. The van der Waals surface area contributed by atoms with Crippen LogP contribution in [0, 0.1) is 0 Å². The van der Waals surface area contributed by atoms with Gasteiger partial charge in [0, 0.05) is 57.3 Å². The van der Waals surface area contributed by atoms with Gasteiger partial charge < -0.3 is 19.1 Å². The van der Waals surface area contributed by atoms with Gasteiger partial charge in [0.2, 0.25) is 5.95 Å². The standard InChI is InChI=1S/C24H34N4O3/c1-29-22-9-8-19(13-23(22)30-2)16-27(18-21-7-6-12-31-21)17-20-14-25-24(26-15-20)28-10-4-3-5-11-28/h8-9,13-15,21H,3-7,10-12,16-18H2,1-2H3. The molecule has 2 fully saturated rings. The Morgan fingerprint density at radius 3 is 2.39 bits per heavy atom. The van der Waals surface area contributed by atoms with Gasteiger partial charge in [-0.2, -0.15) is 0 Å². The van der Waals surface area contributed by atoms with Gasteiger partial charge >= 0.3 is 0 Å². The normalized spacial score (nSPS) is 19.1. The third-order valence-corrected chi connectivity index (χ3v) is 6.08. The van der Waals surface area contributed by atoms with Crippen LogP contribution in [0.25, 0.3) is 0 Å². The molecule has 0 bridgehead atoms. The Balaban J connectivity index is 1.45. The molecule has 168 valence electrons. The van der Waals surface area contributed by atoms with Crippen molar-refractivity contribution >= 4 is 5.95 Å². The maximum Gasteiger partial charge on any atom is 0.225 e. The molecule has 2 aromatic rings. The van der Waals surface area contributed by atoms with E-state index >= 15 is 0 Å². The third-order valence-electron chi connectivity index (χ3n) is 6.08. The van der Waals surface area contributed by atoms with E-state index in [4.69, 9.17) is 14.2 Å². The van der Waals surface area contributed by atoms with Gasteiger partial charge in [0.25, 0.3) is 0 Å². The number of anilines is 1. The van der Waals surface area contributed by atoms with Crippen molar-refractivity contribution in [3.8, 4) is 11.5 Å². The van der Waals surface area contributed by atoms with Crippen molar-refractivity contribution in [1.82, 2.24) is 14.9 Å². The summed E-state index contributed by atoms with van der Waals surface area (Å²) in [5.41, 5.74) is 2.31. The first kappa shape index (κ1) is 21.8. The number of methoxy groups -OCH3 is 2. The predicted molar refractivity (Wildman–Crippen MR) is 121 cm³/mol. The van der Waals surface area contributed by atoms with Crippen LogP contribution in [0.5, 0.6) is 11.5 Å². The highest BCUT2D eigenvalue weighted by Crippen LogP contribution is 2.28. The van der Waals surface area contributed by atoms with Crippen molar-refractivity contribution in [2.75, 3.05) is 45.4 Å². The van der Waals surface area contributed by atoms with Gasteiger partial charge in [-0.1, -0.05) is 6.07 Å². The van der Waals surface area contributed by atoms with Gasteiger partial charge in [-0.15, -0.1) is 0 Å². The van der Waals surface area contributed by atoms with Gasteiger partial charge in [0.15, 0.2) is 11.5 Å². The van der Waals surface area contributed by atoms with E-state index in [9.17, 15) is 0 Å². The Morgan fingerprint density at radius 1 is 0.968 bits per heavy atom. The second-order valence-corrected chi connectivity index (χ2v) is 8.43. The second kappa shape index (κ2) is 10.8. The first-order valence-electron chi connectivity index (χ1n) is 11.4. The van der Waals surface area contributed by atoms with Crippen molar-refractivity contribution in [2.24, 2.45) is 0 Å². The lowest BCUT2D eigenvalue weighted by Gasteiger charge is -2.27. The number of aromatic nitrogens is 2. The van der Waals surface area contributed by atoms with Crippen LogP contribution >= 0.6 is 0 Å². The monoisotopic (exact) mass is 426 g/mol. The molecule has 1 unspecified atom stereocenters. The molecule has 0 N–H and O–H groups in total. The molecule has 7 heteroatoms. The highest BCUT2D eigenvalue weighted by Gasteiger charge is 2.21. The number of nitrogens with zero attached hydrogens (tertiary/aromatic N) is 4. The van der Waals surface area contributed by atoms with Crippen molar-refractivity contribution in [3.63, 3.8) is 0 Å². The van der Waals surface area contributed by atoms with E-state index in [-0.39, 0.29) is 6.10 Å². The molecule has 31 heavy (non-hydrogen) atoms. The zero-order chi connectivity index (χ0) is 21.5. The van der Waals surface area contributed by atoms with E-state index in [1.165, 1.54) is 24.8 Å². The van der Waals surface area contributed by atoms with Crippen LogP contribution in [0.3, 0.4) is 0 Å². The first-order chi connectivity index (χ1) is 15.2. The van der Waals surface area contributed by atoms with Crippen LogP contribution in [-0.4, -0.2) is 61.4 Å². The van der Waals surface area contributed by atoms with E-state index in [2.05, 4.69) is 31.9 Å². The van der Waals surface area contributed by atoms with E-state index < -0.39 is 0 Å². The molecule has 0 spiro atoms. The zero-order valence-electron chi connectivity index (χ0n) is 18.8. The van der Waals surface area contributed by atoms with E-state index in [1.54, 1.807) is 14.2 Å². The molecule has 7 nitrogen and oxygen atoms in total. The average Bonchev–Trinajstić information content (AvgIpc) is 3.33. The lowest BCUT2D eigenvalue weighted by molar-refractivity contribution is 0.0678. The third kappa shape index (κ3) is 5.86. The van der Waals surface area contributed by atoms with E-state index in [1.807, 2.05) is 18.5 Å². The van der Waals surface area contributed by atoms with Crippen LogP contribution in [0.2, 0.25) is 0 Å². The molecule has 3 heterocycles. The molecule has 4 rings (SSSR count). The lowest BCUT2D eigenvalue weighted by atomic mass is 10.1. The van der Waals surface area contributed by atoms with Crippen LogP contribution in [-0.2, 0) is 17.8 Å². The summed E-state index contributed by atoms with van der Waals surface area (Å²) in [6.07, 6.45) is 10.3. The fourth-order valence-corrected chi connectivity index (χ4v) is 4.44. The average molecular weight is 427 g/mol. The molecule has 1 atom stereocenters. The summed E-state index contributed by atoms with van der Waals surface area (Å²) in [5.74, 6) is 2.36. The Labute approximate surface area is 185 Å². The van der Waals surface area contributed by atoms with E-state index in [0.717, 1.165) is 75.2 Å². The summed E-state index contributed by atoms with van der Waals surface area (Å²) in [4.78, 5) is 14.0. The van der Waals surface area contributed by atoms with Crippen molar-refractivity contribution in [1.29, 1.82) is 0 Å². The second-order valence-electron chi connectivity index (χ2n) is 8.43. The molecule has 0 aliphatic carbocycles. The summed E-state index contributed by atoms with van der Waals surface area (Å²) >= 11 is 0. The lowest BCUT2D eigenvalue weighted by Crippen LogP contribution is -2.32. The predicted octanol–water partition coefficient (Wildman–Crippen LogP) is 3.67. The minimum atomic E-state index is 0.286. The van der Waals surface area contributed by atoms with Gasteiger partial charge in [0.05, 0.1) is 20.3 Å². The number of benzene rings is 1. The molecule has 2 aliphatic rings. The van der Waals surface area contributed by atoms with Gasteiger partial charge in [-0.05, 0) is 49.8 Å². The largest absolute Gasteiger partial charge is 0.493 e. The maximum atomic E-state index is 5.91. The maximum absolute atomic E-state index is 5.91. The quantitative estimate of drug-likeness (QED) is 0.606. The molecule has 2 aliphatic heterocycles. The fourth-order valence-electron chi connectivity index (χ4n) is 4.44. The molecule has 1 aromatic carbocycles. The molecular weight excluding hydrogens is 392 g/mol. The molecule has 2 saturated heterocycles. The number of hydrogen-bond acceptors (Lipinski definition) is 7. The summed E-state index contributed by atoms with van der Waals surface area (Å²) < 4.78 is 16.8. The highest BCUT2D eigenvalue weighted by atomic mass is 16.5. The van der Waals surface area contributed by atoms with Crippen LogP contribution in [0.1, 0.15) is 43.2 Å². The van der Waals surface area contributed by atoms with Crippen LogP contribution < -0.4 is 14.4 Å². The minimum absolute atomic E-state index is 0.286. The zero-order valence-corrected chi connectivity index (χ0v) is 18.8. The fraction of sp³-hybridized carbons (Fsp3) is 0.583. The minimum Gasteiger partial charge on any atom is -0.493 e. The molecule has 0 radical (unpaired) electrons. The van der Waals surface area contributed by atoms with Gasteiger partial charge in [-0.25, -0.2) is 9.97 Å². The summed E-state index contributed by atoms with van der Waals surface area (Å²) in [5, 5.41) is 0. The van der Waals surface area contributed by atoms with E-state index in [0.29, 0.717) is 0 Å². The Hall–Kier alpha value is -2.38. The Kier molecular flexibility index (Phi) is 7.59. The number of ether oxygens (including phenoxy) is 3. The number of rotatable bonds is 9. The summed E-state index contributed by atoms with van der Waals surface area (Å²) in [7, 11) is 3.34. The highest BCUT2D eigenvalue weighted by molar-refractivity contribution is 5.42. The van der Waals surface area contributed by atoms with Gasteiger partial charge in [-0.3, -0.25) is 4.90 Å². The Bertz CT molecular complexity index is 818. The number of piperidine rings is 1. The summed E-state index contributed by atoms with van der Waals surface area (Å²) in [6, 6.07) is 6.12. The summed E-state index contributed by atoms with van der Waals surface area (Å²) in [6.45, 7) is 5.46. The van der Waals surface area contributed by atoms with Crippen molar-refractivity contribution < 1.29 is 14.2 Å². The molecule has 0 amide bonds. The molecule has 0 saturated carbocycles. The molecule has 1 aromatic heterocycles. The van der Waals surface area contributed by atoms with Gasteiger partial charge in [0.1, 0.15) is 0 Å². The number of hydrogen-bond donors (Lipinski definition) is 0.